The zero-order valence-corrected chi connectivity index (χ0v) is 12.5. The summed E-state index contributed by atoms with van der Waals surface area (Å²) in [5.74, 6) is 0.230. The summed E-state index contributed by atoms with van der Waals surface area (Å²) in [6.07, 6.45) is 6.76. The highest BCUT2D eigenvalue weighted by Gasteiger charge is 2.45. The molecule has 2 saturated heterocycles. The van der Waals surface area contributed by atoms with Crippen LogP contribution in [-0.2, 0) is 9.53 Å². The number of amides is 1. The molecule has 1 amide bonds. The number of nitrogens with zero attached hydrogens (tertiary/aromatic N) is 2. The third kappa shape index (κ3) is 3.14. The van der Waals surface area contributed by atoms with Gasteiger partial charge in [0.25, 0.3) is 0 Å². The maximum atomic E-state index is 12.2. The summed E-state index contributed by atoms with van der Waals surface area (Å²) in [4.78, 5) is 27.8. The fourth-order valence-electron chi connectivity index (χ4n) is 3.26. The number of fused-ring (bicyclic) bond motifs is 2. The van der Waals surface area contributed by atoms with E-state index >= 15 is 0 Å². The summed E-state index contributed by atoms with van der Waals surface area (Å²) in [6.45, 7) is 2.23. The van der Waals surface area contributed by atoms with E-state index in [2.05, 4.69) is 0 Å². The molecule has 0 aromatic carbocycles. The second kappa shape index (κ2) is 6.29. The minimum absolute atomic E-state index is 0.0503. The molecule has 2 unspecified atom stereocenters. The Bertz CT molecular complexity index is 392. The number of ketones is 1. The third-order valence-corrected chi connectivity index (χ3v) is 4.15. The maximum absolute atomic E-state index is 12.2. The van der Waals surface area contributed by atoms with Crippen LogP contribution in [0.5, 0.6) is 0 Å². The molecule has 112 valence electrons. The van der Waals surface area contributed by atoms with Crippen LogP contribution in [0.15, 0.2) is 12.3 Å². The number of carbonyl (C=O) groups excluding carboxylic acids is 2. The number of piperidine rings is 1. The SMILES string of the molecule is CCOC(=O)N1C2CCC1CC(C(=O)C=CN(C)C)C2. The van der Waals surface area contributed by atoms with Gasteiger partial charge >= 0.3 is 6.09 Å². The molecule has 2 rings (SSSR count). The lowest BCUT2D eigenvalue weighted by atomic mass is 9.87. The van der Waals surface area contributed by atoms with Crippen molar-refractivity contribution in [2.75, 3.05) is 20.7 Å². The number of carbonyl (C=O) groups is 2. The van der Waals surface area contributed by atoms with Gasteiger partial charge in [-0.15, -0.1) is 0 Å². The van der Waals surface area contributed by atoms with Gasteiger partial charge in [-0.2, -0.15) is 0 Å². The van der Waals surface area contributed by atoms with Crippen LogP contribution in [0.4, 0.5) is 4.79 Å². The van der Waals surface area contributed by atoms with E-state index in [1.54, 1.807) is 12.3 Å². The van der Waals surface area contributed by atoms with E-state index in [1.807, 2.05) is 30.8 Å². The molecule has 0 aliphatic carbocycles. The highest BCUT2D eigenvalue weighted by atomic mass is 16.6. The van der Waals surface area contributed by atoms with Gasteiger partial charge in [-0.1, -0.05) is 0 Å². The van der Waals surface area contributed by atoms with Crippen molar-refractivity contribution in [2.24, 2.45) is 5.92 Å². The number of hydrogen-bond acceptors (Lipinski definition) is 4. The predicted octanol–water partition coefficient (Wildman–Crippen LogP) is 2.03. The maximum Gasteiger partial charge on any atom is 0.410 e. The standard InChI is InChI=1S/C15H24N2O3/c1-4-20-15(19)17-12-5-6-13(17)10-11(9-12)14(18)7-8-16(2)3/h7-8,11-13H,4-6,9-10H2,1-3H3. The summed E-state index contributed by atoms with van der Waals surface area (Å²) in [6, 6.07) is 0.351. The Kier molecular flexibility index (Phi) is 4.68. The van der Waals surface area contributed by atoms with Gasteiger partial charge in [0.05, 0.1) is 6.61 Å². The van der Waals surface area contributed by atoms with Crippen molar-refractivity contribution in [3.05, 3.63) is 12.3 Å². The Balaban J connectivity index is 1.98. The van der Waals surface area contributed by atoms with E-state index in [9.17, 15) is 9.59 Å². The van der Waals surface area contributed by atoms with Gasteiger partial charge < -0.3 is 14.5 Å². The molecule has 0 N–H and O–H groups in total. The lowest BCUT2D eigenvalue weighted by Crippen LogP contribution is -2.48. The lowest BCUT2D eigenvalue weighted by molar-refractivity contribution is -0.120. The average molecular weight is 280 g/mol. The smallest absolute Gasteiger partial charge is 0.410 e. The van der Waals surface area contributed by atoms with Crippen LogP contribution < -0.4 is 0 Å². The first-order valence-electron chi connectivity index (χ1n) is 7.36. The molecule has 2 heterocycles. The first kappa shape index (κ1) is 14.9. The quantitative estimate of drug-likeness (QED) is 0.739. The highest BCUT2D eigenvalue weighted by Crippen LogP contribution is 2.39. The number of ether oxygens (including phenoxy) is 1. The molecule has 0 spiro atoms. The van der Waals surface area contributed by atoms with Gasteiger partial charge in [0.1, 0.15) is 0 Å². The second-order valence-corrected chi connectivity index (χ2v) is 5.84. The second-order valence-electron chi connectivity index (χ2n) is 5.84. The number of rotatable bonds is 4. The van der Waals surface area contributed by atoms with E-state index in [4.69, 9.17) is 4.74 Å². The van der Waals surface area contributed by atoms with Crippen LogP contribution in [0.25, 0.3) is 0 Å². The molecule has 20 heavy (non-hydrogen) atoms. The average Bonchev–Trinajstić information content (AvgIpc) is 2.67. The summed E-state index contributed by atoms with van der Waals surface area (Å²) in [5, 5.41) is 0. The van der Waals surface area contributed by atoms with Crippen molar-refractivity contribution in [3.63, 3.8) is 0 Å². The van der Waals surface area contributed by atoms with Crippen LogP contribution in [0.2, 0.25) is 0 Å². The molecule has 5 heteroatoms. The first-order valence-corrected chi connectivity index (χ1v) is 7.36. The van der Waals surface area contributed by atoms with Crippen LogP contribution in [0, 0.1) is 5.92 Å². The fraction of sp³-hybridized carbons (Fsp3) is 0.733. The van der Waals surface area contributed by atoms with E-state index in [0.29, 0.717) is 6.61 Å². The molecule has 2 aliphatic rings. The van der Waals surface area contributed by atoms with E-state index < -0.39 is 0 Å². The fourth-order valence-corrected chi connectivity index (χ4v) is 3.26. The molecule has 0 radical (unpaired) electrons. The molecule has 0 saturated carbocycles. The Labute approximate surface area is 120 Å². The van der Waals surface area contributed by atoms with Gasteiger partial charge in [-0.3, -0.25) is 4.79 Å². The summed E-state index contributed by atoms with van der Waals surface area (Å²) >= 11 is 0. The van der Waals surface area contributed by atoms with Crippen molar-refractivity contribution in [1.29, 1.82) is 0 Å². The third-order valence-electron chi connectivity index (χ3n) is 4.15. The minimum Gasteiger partial charge on any atom is -0.450 e. The molecule has 2 atom stereocenters. The summed E-state index contributed by atoms with van der Waals surface area (Å²) in [7, 11) is 3.80. The largest absolute Gasteiger partial charge is 0.450 e. The molecule has 2 bridgehead atoms. The summed E-state index contributed by atoms with van der Waals surface area (Å²) < 4.78 is 5.12. The van der Waals surface area contributed by atoms with Crippen molar-refractivity contribution in [2.45, 2.75) is 44.7 Å². The molecule has 5 nitrogen and oxygen atoms in total. The van der Waals surface area contributed by atoms with Gasteiger partial charge in [-0.05, 0) is 38.7 Å². The lowest BCUT2D eigenvalue weighted by Gasteiger charge is -2.37. The number of allylic oxidation sites excluding steroid dienone is 1. The van der Waals surface area contributed by atoms with Gasteiger partial charge in [0.15, 0.2) is 5.78 Å². The van der Waals surface area contributed by atoms with Crippen molar-refractivity contribution in [3.8, 4) is 0 Å². The molecule has 2 fully saturated rings. The molecule has 2 aliphatic heterocycles. The predicted molar refractivity (Wildman–Crippen MR) is 76.2 cm³/mol. The van der Waals surface area contributed by atoms with Crippen LogP contribution in [0.3, 0.4) is 0 Å². The van der Waals surface area contributed by atoms with Crippen molar-refractivity contribution >= 4 is 11.9 Å². The minimum atomic E-state index is -0.213. The Hall–Kier alpha value is -1.52. The van der Waals surface area contributed by atoms with Crippen LogP contribution in [-0.4, -0.2) is 54.5 Å². The summed E-state index contributed by atoms with van der Waals surface area (Å²) in [5.41, 5.74) is 0. The highest BCUT2D eigenvalue weighted by molar-refractivity contribution is 5.92. The molecule has 0 aromatic rings. The zero-order chi connectivity index (χ0) is 14.7. The van der Waals surface area contributed by atoms with E-state index in [-0.39, 0.29) is 29.9 Å². The molecule has 0 aromatic heterocycles. The van der Waals surface area contributed by atoms with E-state index in [1.165, 1.54) is 0 Å². The molecular formula is C15H24N2O3. The van der Waals surface area contributed by atoms with Gasteiger partial charge in [0.2, 0.25) is 0 Å². The normalized spacial score (nSPS) is 28.8. The Morgan fingerprint density at radius 2 is 1.85 bits per heavy atom. The Morgan fingerprint density at radius 1 is 1.25 bits per heavy atom. The van der Waals surface area contributed by atoms with Crippen LogP contribution >= 0.6 is 0 Å². The van der Waals surface area contributed by atoms with Gasteiger partial charge in [0, 0.05) is 38.3 Å². The van der Waals surface area contributed by atoms with Crippen molar-refractivity contribution < 1.29 is 14.3 Å². The first-order chi connectivity index (χ1) is 9.52. The van der Waals surface area contributed by atoms with Crippen molar-refractivity contribution in [1.82, 2.24) is 9.80 Å². The van der Waals surface area contributed by atoms with Gasteiger partial charge in [-0.25, -0.2) is 4.79 Å². The topological polar surface area (TPSA) is 49.9 Å². The number of hydrogen-bond donors (Lipinski definition) is 0. The van der Waals surface area contributed by atoms with E-state index in [0.717, 1.165) is 25.7 Å². The molecular weight excluding hydrogens is 256 g/mol. The Morgan fingerprint density at radius 3 is 2.35 bits per heavy atom. The van der Waals surface area contributed by atoms with Crippen LogP contribution in [0.1, 0.15) is 32.6 Å². The zero-order valence-electron chi connectivity index (χ0n) is 12.5. The monoisotopic (exact) mass is 280 g/mol.